The smallest absolute Gasteiger partial charge is 0.277 e. The van der Waals surface area contributed by atoms with Gasteiger partial charge in [-0.3, -0.25) is 14.9 Å². The van der Waals surface area contributed by atoms with Crippen LogP contribution >= 0.6 is 0 Å². The number of carbonyl (C=O) groups excluding carboxylic acids is 1. The van der Waals surface area contributed by atoms with Crippen LogP contribution < -0.4 is 0 Å². The molecule has 0 radical (unpaired) electrons. The molecule has 22 heavy (non-hydrogen) atoms. The molecule has 1 saturated heterocycles. The van der Waals surface area contributed by atoms with Crippen LogP contribution in [0.4, 0.5) is 5.69 Å². The van der Waals surface area contributed by atoms with Crippen LogP contribution in [0.2, 0.25) is 0 Å². The van der Waals surface area contributed by atoms with E-state index in [9.17, 15) is 14.9 Å². The Labute approximate surface area is 128 Å². The molecule has 1 fully saturated rings. The first-order chi connectivity index (χ1) is 10.7. The summed E-state index contributed by atoms with van der Waals surface area (Å²) < 4.78 is 0. The Kier molecular flexibility index (Phi) is 3.87. The monoisotopic (exact) mass is 296 g/mol. The molecule has 0 unspecified atom stereocenters. The minimum absolute atomic E-state index is 0.0313. The van der Waals surface area contributed by atoms with Gasteiger partial charge in [0, 0.05) is 24.7 Å². The Hall–Kier alpha value is -2.69. The molecule has 112 valence electrons. The number of nitrogens with zero attached hydrogens (tertiary/aromatic N) is 2. The molecule has 5 heteroatoms. The quantitative estimate of drug-likeness (QED) is 0.643. The molecule has 0 atom stereocenters. The summed E-state index contributed by atoms with van der Waals surface area (Å²) in [5.41, 5.74) is 1.66. The third-order valence-electron chi connectivity index (χ3n) is 3.92. The summed E-state index contributed by atoms with van der Waals surface area (Å²) >= 11 is 0. The molecule has 2 aromatic rings. The fourth-order valence-corrected chi connectivity index (χ4v) is 2.78. The average Bonchev–Trinajstić information content (AvgIpc) is 3.09. The molecule has 0 saturated carbocycles. The average molecular weight is 296 g/mol. The van der Waals surface area contributed by atoms with Gasteiger partial charge in [-0.05, 0) is 30.5 Å². The van der Waals surface area contributed by atoms with E-state index >= 15 is 0 Å². The predicted molar refractivity (Wildman–Crippen MR) is 83.7 cm³/mol. The topological polar surface area (TPSA) is 63.4 Å². The van der Waals surface area contributed by atoms with E-state index in [1.54, 1.807) is 17.0 Å². The van der Waals surface area contributed by atoms with Gasteiger partial charge in [0.05, 0.1) is 10.5 Å². The Morgan fingerprint density at radius 3 is 2.36 bits per heavy atom. The molecule has 0 spiro atoms. The number of nitro benzene ring substituents is 1. The second-order valence-corrected chi connectivity index (χ2v) is 5.35. The van der Waals surface area contributed by atoms with Gasteiger partial charge in [0.25, 0.3) is 11.6 Å². The third kappa shape index (κ3) is 2.70. The van der Waals surface area contributed by atoms with Crippen molar-refractivity contribution >= 4 is 11.6 Å². The molecule has 1 aliphatic rings. The zero-order valence-corrected chi connectivity index (χ0v) is 12.1. The fraction of sp³-hybridized carbons (Fsp3) is 0.235. The van der Waals surface area contributed by atoms with Crippen LogP contribution in [0.1, 0.15) is 23.2 Å². The molecule has 0 bridgehead atoms. The van der Waals surface area contributed by atoms with Crippen molar-refractivity contribution < 1.29 is 9.72 Å². The summed E-state index contributed by atoms with van der Waals surface area (Å²) in [7, 11) is 0. The van der Waals surface area contributed by atoms with Gasteiger partial charge in [-0.15, -0.1) is 0 Å². The largest absolute Gasteiger partial charge is 0.339 e. The van der Waals surface area contributed by atoms with Crippen molar-refractivity contribution in [2.24, 2.45) is 0 Å². The van der Waals surface area contributed by atoms with E-state index in [0.29, 0.717) is 11.1 Å². The van der Waals surface area contributed by atoms with Crippen LogP contribution in [0.15, 0.2) is 48.5 Å². The zero-order chi connectivity index (χ0) is 15.5. The van der Waals surface area contributed by atoms with Gasteiger partial charge in [-0.25, -0.2) is 0 Å². The second-order valence-electron chi connectivity index (χ2n) is 5.35. The molecule has 1 amide bonds. The Balaban J connectivity index is 2.00. The number of nitro groups is 1. The highest BCUT2D eigenvalue weighted by molar-refractivity contribution is 5.96. The van der Waals surface area contributed by atoms with Crippen LogP contribution in [0.5, 0.6) is 0 Å². The molecule has 3 rings (SSSR count). The molecule has 0 aromatic heterocycles. The van der Waals surface area contributed by atoms with Gasteiger partial charge in [0.2, 0.25) is 0 Å². The van der Waals surface area contributed by atoms with E-state index in [0.717, 1.165) is 31.5 Å². The van der Waals surface area contributed by atoms with Crippen molar-refractivity contribution in [2.45, 2.75) is 12.8 Å². The molecule has 0 aliphatic carbocycles. The minimum atomic E-state index is -0.427. The lowest BCUT2D eigenvalue weighted by atomic mass is 10.0. The Bertz CT molecular complexity index is 707. The first-order valence-electron chi connectivity index (χ1n) is 7.30. The lowest BCUT2D eigenvalue weighted by molar-refractivity contribution is -0.384. The second kappa shape index (κ2) is 5.97. The highest BCUT2D eigenvalue weighted by atomic mass is 16.6. The van der Waals surface area contributed by atoms with Crippen molar-refractivity contribution in [1.29, 1.82) is 0 Å². The van der Waals surface area contributed by atoms with Gasteiger partial charge in [-0.2, -0.15) is 0 Å². The normalized spacial score (nSPS) is 14.1. The van der Waals surface area contributed by atoms with Crippen molar-refractivity contribution in [1.82, 2.24) is 4.90 Å². The van der Waals surface area contributed by atoms with E-state index in [4.69, 9.17) is 0 Å². The number of likely N-dealkylation sites (tertiary alicyclic amines) is 1. The van der Waals surface area contributed by atoms with Crippen molar-refractivity contribution in [3.63, 3.8) is 0 Å². The highest BCUT2D eigenvalue weighted by Gasteiger charge is 2.23. The number of rotatable bonds is 3. The first-order valence-corrected chi connectivity index (χ1v) is 7.30. The molecule has 0 N–H and O–H groups in total. The lowest BCUT2D eigenvalue weighted by Crippen LogP contribution is -2.27. The molecule has 2 aromatic carbocycles. The van der Waals surface area contributed by atoms with Crippen molar-refractivity contribution in [3.8, 4) is 11.1 Å². The predicted octanol–water partition coefficient (Wildman–Crippen LogP) is 3.50. The summed E-state index contributed by atoms with van der Waals surface area (Å²) in [5, 5.41) is 11.4. The van der Waals surface area contributed by atoms with Crippen molar-refractivity contribution in [2.75, 3.05) is 13.1 Å². The summed E-state index contributed by atoms with van der Waals surface area (Å²) in [6, 6.07) is 13.9. The van der Waals surface area contributed by atoms with Gasteiger partial charge >= 0.3 is 0 Å². The standard InChI is InChI=1S/C17H16N2O3/c20-17(18-10-4-5-11-18)14-8-9-15(16(12-14)19(21)22)13-6-2-1-3-7-13/h1-3,6-9,12H,4-5,10-11H2. The van der Waals surface area contributed by atoms with Crippen molar-refractivity contribution in [3.05, 3.63) is 64.2 Å². The molecular weight excluding hydrogens is 280 g/mol. The highest BCUT2D eigenvalue weighted by Crippen LogP contribution is 2.31. The lowest BCUT2D eigenvalue weighted by Gasteiger charge is -2.15. The number of benzene rings is 2. The van der Waals surface area contributed by atoms with Crippen LogP contribution in [0, 0.1) is 10.1 Å². The Morgan fingerprint density at radius 2 is 1.73 bits per heavy atom. The van der Waals surface area contributed by atoms with Crippen LogP contribution in [-0.4, -0.2) is 28.8 Å². The number of amides is 1. The van der Waals surface area contributed by atoms with E-state index in [1.807, 2.05) is 30.3 Å². The fourth-order valence-electron chi connectivity index (χ4n) is 2.78. The third-order valence-corrected chi connectivity index (χ3v) is 3.92. The van der Waals surface area contributed by atoms with Gasteiger partial charge < -0.3 is 4.90 Å². The van der Waals surface area contributed by atoms with E-state index in [2.05, 4.69) is 0 Å². The molecular formula is C17H16N2O3. The first kappa shape index (κ1) is 14.3. The maximum Gasteiger partial charge on any atom is 0.277 e. The number of hydrogen-bond acceptors (Lipinski definition) is 3. The number of hydrogen-bond donors (Lipinski definition) is 0. The van der Waals surface area contributed by atoms with Gasteiger partial charge in [-0.1, -0.05) is 30.3 Å². The summed E-state index contributed by atoms with van der Waals surface area (Å²) in [4.78, 5) is 25.1. The maximum absolute atomic E-state index is 12.4. The summed E-state index contributed by atoms with van der Waals surface area (Å²) in [5.74, 6) is -0.125. The zero-order valence-electron chi connectivity index (χ0n) is 12.1. The molecule has 1 aliphatic heterocycles. The van der Waals surface area contributed by atoms with Crippen LogP contribution in [0.25, 0.3) is 11.1 Å². The molecule has 1 heterocycles. The van der Waals surface area contributed by atoms with Crippen LogP contribution in [-0.2, 0) is 0 Å². The summed E-state index contributed by atoms with van der Waals surface area (Å²) in [6.07, 6.45) is 1.99. The van der Waals surface area contributed by atoms with E-state index < -0.39 is 4.92 Å². The van der Waals surface area contributed by atoms with Gasteiger partial charge in [0.15, 0.2) is 0 Å². The SMILES string of the molecule is O=C(c1ccc(-c2ccccc2)c([N+](=O)[O-])c1)N1CCCC1. The Morgan fingerprint density at radius 1 is 1.05 bits per heavy atom. The van der Waals surface area contributed by atoms with Gasteiger partial charge in [0.1, 0.15) is 0 Å². The molecule has 5 nitrogen and oxygen atoms in total. The minimum Gasteiger partial charge on any atom is -0.339 e. The van der Waals surface area contributed by atoms with Crippen LogP contribution in [0.3, 0.4) is 0 Å². The number of carbonyl (C=O) groups is 1. The van der Waals surface area contributed by atoms with E-state index in [-0.39, 0.29) is 11.6 Å². The summed E-state index contributed by atoms with van der Waals surface area (Å²) in [6.45, 7) is 1.46. The van der Waals surface area contributed by atoms with E-state index in [1.165, 1.54) is 6.07 Å². The maximum atomic E-state index is 12.4.